The van der Waals surface area contributed by atoms with E-state index in [2.05, 4.69) is 41.5 Å². The molecule has 0 saturated heterocycles. The van der Waals surface area contributed by atoms with Crippen molar-refractivity contribution in [3.63, 3.8) is 0 Å². The molecule has 4 nitrogen and oxygen atoms in total. The summed E-state index contributed by atoms with van der Waals surface area (Å²) in [6.45, 7) is 4.72. The van der Waals surface area contributed by atoms with Crippen LogP contribution in [0.15, 0.2) is 36.4 Å². The van der Waals surface area contributed by atoms with E-state index in [1.165, 1.54) is 5.56 Å². The van der Waals surface area contributed by atoms with Crippen molar-refractivity contribution in [3.8, 4) is 0 Å². The van der Waals surface area contributed by atoms with Crippen molar-refractivity contribution in [3.05, 3.63) is 58.8 Å². The lowest BCUT2D eigenvalue weighted by Gasteiger charge is -2.09. The molecule has 110 valence electrons. The highest BCUT2D eigenvalue weighted by atomic mass is 16.4. The lowest BCUT2D eigenvalue weighted by Crippen LogP contribution is -2.06. The second-order valence-corrected chi connectivity index (χ2v) is 5.13. The largest absolute Gasteiger partial charge is 0.478 e. The minimum Gasteiger partial charge on any atom is -0.478 e. The van der Waals surface area contributed by atoms with E-state index in [0.717, 1.165) is 24.1 Å². The van der Waals surface area contributed by atoms with Crippen molar-refractivity contribution < 1.29 is 9.90 Å². The minimum atomic E-state index is -0.923. The van der Waals surface area contributed by atoms with Crippen LogP contribution in [0.4, 0.5) is 5.82 Å². The van der Waals surface area contributed by atoms with Crippen LogP contribution in [0.2, 0.25) is 0 Å². The predicted molar refractivity (Wildman–Crippen MR) is 83.7 cm³/mol. The number of aryl methyl sites for hydroxylation is 2. The number of rotatable bonds is 6. The fourth-order valence-electron chi connectivity index (χ4n) is 2.08. The Morgan fingerprint density at radius 2 is 1.95 bits per heavy atom. The topological polar surface area (TPSA) is 62.2 Å². The van der Waals surface area contributed by atoms with E-state index in [1.807, 2.05) is 6.92 Å². The molecule has 2 N–H and O–H groups in total. The normalized spacial score (nSPS) is 10.4. The van der Waals surface area contributed by atoms with E-state index in [9.17, 15) is 4.79 Å². The molecule has 2 aromatic rings. The van der Waals surface area contributed by atoms with Crippen LogP contribution < -0.4 is 5.32 Å². The van der Waals surface area contributed by atoms with Crippen molar-refractivity contribution in [2.45, 2.75) is 33.2 Å². The van der Waals surface area contributed by atoms with Gasteiger partial charge in [-0.05, 0) is 31.0 Å². The number of pyridine rings is 1. The average Bonchev–Trinajstić information content (AvgIpc) is 2.47. The summed E-state index contributed by atoms with van der Waals surface area (Å²) in [4.78, 5) is 15.6. The molecule has 0 fully saturated rings. The maximum Gasteiger partial charge on any atom is 0.335 e. The molecule has 0 aliphatic carbocycles. The number of aromatic carboxylic acids is 1. The Balaban J connectivity index is 2.14. The Hall–Kier alpha value is -2.36. The Morgan fingerprint density at radius 1 is 1.24 bits per heavy atom. The van der Waals surface area contributed by atoms with Gasteiger partial charge in [0.1, 0.15) is 5.82 Å². The molecule has 0 amide bonds. The molecule has 1 aromatic carbocycles. The van der Waals surface area contributed by atoms with Crippen LogP contribution in [-0.4, -0.2) is 16.1 Å². The fraction of sp³-hybridized carbons (Fsp3) is 0.294. The van der Waals surface area contributed by atoms with Gasteiger partial charge in [0.15, 0.2) is 0 Å². The molecule has 1 aromatic heterocycles. The molecule has 1 heterocycles. The highest BCUT2D eigenvalue weighted by molar-refractivity contribution is 5.88. The molecule has 0 saturated carbocycles. The first-order valence-corrected chi connectivity index (χ1v) is 7.12. The summed E-state index contributed by atoms with van der Waals surface area (Å²) in [5.41, 5.74) is 3.44. The van der Waals surface area contributed by atoms with E-state index in [-0.39, 0.29) is 5.56 Å². The molecule has 0 spiro atoms. The third-order valence-corrected chi connectivity index (χ3v) is 3.23. The van der Waals surface area contributed by atoms with Gasteiger partial charge >= 0.3 is 5.97 Å². The third kappa shape index (κ3) is 4.31. The number of aromatic nitrogens is 1. The second kappa shape index (κ2) is 6.88. The first-order chi connectivity index (χ1) is 10.1. The molecule has 0 aliphatic heterocycles. The van der Waals surface area contributed by atoms with Crippen LogP contribution in [0.25, 0.3) is 0 Å². The van der Waals surface area contributed by atoms with E-state index >= 15 is 0 Å². The van der Waals surface area contributed by atoms with Gasteiger partial charge in [-0.3, -0.25) is 0 Å². The average molecular weight is 284 g/mol. The predicted octanol–water partition coefficient (Wildman–Crippen LogP) is 3.65. The molecule has 0 aliphatic rings. The molecule has 4 heteroatoms. The SMILES string of the molecule is CCCc1cc(C(=O)O)cc(NCc2ccc(C)cc2)n1. The van der Waals surface area contributed by atoms with Crippen LogP contribution in [0.3, 0.4) is 0 Å². The molecule has 0 unspecified atom stereocenters. The monoisotopic (exact) mass is 284 g/mol. The van der Waals surface area contributed by atoms with Gasteiger partial charge in [0.25, 0.3) is 0 Å². The third-order valence-electron chi connectivity index (χ3n) is 3.23. The molecular weight excluding hydrogens is 264 g/mol. The Bertz CT molecular complexity index is 621. The zero-order chi connectivity index (χ0) is 15.2. The summed E-state index contributed by atoms with van der Waals surface area (Å²) in [6.07, 6.45) is 1.72. The van der Waals surface area contributed by atoms with Crippen LogP contribution in [-0.2, 0) is 13.0 Å². The summed E-state index contributed by atoms with van der Waals surface area (Å²) < 4.78 is 0. The zero-order valence-electron chi connectivity index (χ0n) is 12.4. The molecular formula is C17H20N2O2. The quantitative estimate of drug-likeness (QED) is 0.850. The fourth-order valence-corrected chi connectivity index (χ4v) is 2.08. The number of hydrogen-bond donors (Lipinski definition) is 2. The van der Waals surface area contributed by atoms with Crippen LogP contribution in [0.5, 0.6) is 0 Å². The number of carbonyl (C=O) groups is 1. The first kappa shape index (κ1) is 15.0. The molecule has 0 radical (unpaired) electrons. The van der Waals surface area contributed by atoms with Crippen LogP contribution >= 0.6 is 0 Å². The standard InChI is InChI=1S/C17H20N2O2/c1-3-4-15-9-14(17(20)21)10-16(19-15)18-11-13-7-5-12(2)6-8-13/h5-10H,3-4,11H2,1-2H3,(H,18,19)(H,20,21). The van der Waals surface area contributed by atoms with E-state index in [1.54, 1.807) is 12.1 Å². The van der Waals surface area contributed by atoms with Gasteiger partial charge in [-0.1, -0.05) is 43.2 Å². The smallest absolute Gasteiger partial charge is 0.335 e. The zero-order valence-corrected chi connectivity index (χ0v) is 12.4. The lowest BCUT2D eigenvalue weighted by atomic mass is 10.1. The Morgan fingerprint density at radius 3 is 2.57 bits per heavy atom. The summed E-state index contributed by atoms with van der Waals surface area (Å²) >= 11 is 0. The van der Waals surface area contributed by atoms with Crippen molar-refractivity contribution in [2.24, 2.45) is 0 Å². The van der Waals surface area contributed by atoms with Crippen molar-refractivity contribution in [1.29, 1.82) is 0 Å². The molecule has 21 heavy (non-hydrogen) atoms. The number of anilines is 1. The first-order valence-electron chi connectivity index (χ1n) is 7.12. The highest BCUT2D eigenvalue weighted by Crippen LogP contribution is 2.14. The number of hydrogen-bond acceptors (Lipinski definition) is 3. The van der Waals surface area contributed by atoms with Crippen LogP contribution in [0, 0.1) is 6.92 Å². The summed E-state index contributed by atoms with van der Waals surface area (Å²) in [6, 6.07) is 11.4. The van der Waals surface area contributed by atoms with Gasteiger partial charge in [-0.2, -0.15) is 0 Å². The number of carboxylic acid groups (broad SMARTS) is 1. The summed E-state index contributed by atoms with van der Waals surface area (Å²) in [7, 11) is 0. The maximum absolute atomic E-state index is 11.2. The van der Waals surface area contributed by atoms with E-state index < -0.39 is 5.97 Å². The number of benzene rings is 1. The minimum absolute atomic E-state index is 0.278. The number of nitrogens with one attached hydrogen (secondary N) is 1. The lowest BCUT2D eigenvalue weighted by molar-refractivity contribution is 0.0696. The van der Waals surface area contributed by atoms with Gasteiger partial charge in [0.05, 0.1) is 5.56 Å². The number of nitrogens with zero attached hydrogens (tertiary/aromatic N) is 1. The molecule has 0 bridgehead atoms. The number of carboxylic acids is 1. The van der Waals surface area contributed by atoms with Gasteiger partial charge in [-0.15, -0.1) is 0 Å². The van der Waals surface area contributed by atoms with Gasteiger partial charge < -0.3 is 10.4 Å². The van der Waals surface area contributed by atoms with Gasteiger partial charge in [0, 0.05) is 12.2 Å². The summed E-state index contributed by atoms with van der Waals surface area (Å²) in [5, 5.41) is 12.4. The maximum atomic E-state index is 11.2. The van der Waals surface area contributed by atoms with Crippen molar-refractivity contribution in [2.75, 3.05) is 5.32 Å². The van der Waals surface area contributed by atoms with Gasteiger partial charge in [0.2, 0.25) is 0 Å². The van der Waals surface area contributed by atoms with Gasteiger partial charge in [-0.25, -0.2) is 9.78 Å². The summed E-state index contributed by atoms with van der Waals surface area (Å²) in [5.74, 6) is -0.313. The van der Waals surface area contributed by atoms with E-state index in [4.69, 9.17) is 5.11 Å². The Kier molecular flexibility index (Phi) is 4.93. The van der Waals surface area contributed by atoms with Crippen LogP contribution in [0.1, 0.15) is 40.5 Å². The highest BCUT2D eigenvalue weighted by Gasteiger charge is 2.08. The molecule has 2 rings (SSSR count). The van der Waals surface area contributed by atoms with Crippen molar-refractivity contribution in [1.82, 2.24) is 4.98 Å². The second-order valence-electron chi connectivity index (χ2n) is 5.13. The van der Waals surface area contributed by atoms with E-state index in [0.29, 0.717) is 12.4 Å². The molecule has 0 atom stereocenters. The van der Waals surface area contributed by atoms with Crippen molar-refractivity contribution >= 4 is 11.8 Å². The Labute approximate surface area is 124 Å².